The molecule has 0 radical (unpaired) electrons. The maximum atomic E-state index is 12.6. The summed E-state index contributed by atoms with van der Waals surface area (Å²) in [6, 6.07) is 13.4. The van der Waals surface area contributed by atoms with Gasteiger partial charge in [0.15, 0.2) is 6.10 Å². The lowest BCUT2D eigenvalue weighted by Crippen LogP contribution is -2.39. The molecule has 0 spiro atoms. The number of ether oxygens (including phenoxy) is 1. The van der Waals surface area contributed by atoms with E-state index in [1.54, 1.807) is 12.1 Å². The molecule has 0 unspecified atom stereocenters. The summed E-state index contributed by atoms with van der Waals surface area (Å²) < 4.78 is 5.80. The topological polar surface area (TPSA) is 38.3 Å². The van der Waals surface area contributed by atoms with Crippen molar-refractivity contribution < 1.29 is 9.53 Å². The molecule has 0 saturated heterocycles. The minimum absolute atomic E-state index is 0.0821. The number of aryl methyl sites for hydroxylation is 2. The van der Waals surface area contributed by atoms with E-state index >= 15 is 0 Å². The Morgan fingerprint density at radius 2 is 1.92 bits per heavy atom. The second-order valence-corrected chi connectivity index (χ2v) is 6.44. The third-order valence-corrected chi connectivity index (χ3v) is 4.34. The Balaban J connectivity index is 2.09. The Morgan fingerprint density at radius 3 is 2.58 bits per heavy atom. The van der Waals surface area contributed by atoms with Crippen LogP contribution in [0.3, 0.4) is 0 Å². The van der Waals surface area contributed by atoms with E-state index in [0.29, 0.717) is 17.2 Å². The molecule has 1 amide bonds. The summed E-state index contributed by atoms with van der Waals surface area (Å²) in [7, 11) is 0. The number of hydrogen-bond donors (Lipinski definition) is 1. The first-order chi connectivity index (χ1) is 11.4. The van der Waals surface area contributed by atoms with Crippen molar-refractivity contribution in [2.75, 3.05) is 0 Å². The average molecular weight is 346 g/mol. The number of carbonyl (C=O) groups excluding carboxylic acids is 1. The number of nitrogens with one attached hydrogen (secondary N) is 1. The van der Waals surface area contributed by atoms with Crippen molar-refractivity contribution >= 4 is 17.5 Å². The van der Waals surface area contributed by atoms with Gasteiger partial charge in [0.1, 0.15) is 5.75 Å². The van der Waals surface area contributed by atoms with Crippen LogP contribution in [0, 0.1) is 13.8 Å². The van der Waals surface area contributed by atoms with E-state index in [4.69, 9.17) is 16.3 Å². The van der Waals surface area contributed by atoms with Crippen LogP contribution in [0.15, 0.2) is 42.5 Å². The lowest BCUT2D eigenvalue weighted by molar-refractivity contribution is -0.128. The number of para-hydroxylation sites is 1. The Kier molecular flexibility index (Phi) is 6.27. The maximum Gasteiger partial charge on any atom is 0.261 e. The molecule has 2 aromatic carbocycles. The van der Waals surface area contributed by atoms with Crippen molar-refractivity contribution in [3.05, 3.63) is 64.2 Å². The van der Waals surface area contributed by atoms with E-state index in [0.717, 1.165) is 11.1 Å². The third-order valence-electron chi connectivity index (χ3n) is 4.03. The highest BCUT2D eigenvalue weighted by Gasteiger charge is 2.22. The molecule has 0 aliphatic rings. The minimum atomic E-state index is -0.572. The highest BCUT2D eigenvalue weighted by atomic mass is 35.5. The molecule has 2 atom stereocenters. The molecule has 0 aromatic heterocycles. The third kappa shape index (κ3) is 4.51. The van der Waals surface area contributed by atoms with Gasteiger partial charge in [-0.05, 0) is 50.5 Å². The van der Waals surface area contributed by atoms with Gasteiger partial charge in [0.25, 0.3) is 5.91 Å². The fourth-order valence-electron chi connectivity index (χ4n) is 2.63. The molecule has 0 fully saturated rings. The van der Waals surface area contributed by atoms with E-state index in [1.165, 1.54) is 5.56 Å². The minimum Gasteiger partial charge on any atom is -0.479 e. The molecule has 0 saturated carbocycles. The summed E-state index contributed by atoms with van der Waals surface area (Å²) in [5.74, 6) is 0.395. The van der Waals surface area contributed by atoms with Crippen LogP contribution < -0.4 is 10.1 Å². The summed E-state index contributed by atoms with van der Waals surface area (Å²) >= 11 is 6.11. The largest absolute Gasteiger partial charge is 0.479 e. The molecule has 128 valence electrons. The molecule has 0 aliphatic carbocycles. The van der Waals surface area contributed by atoms with Gasteiger partial charge in [-0.1, -0.05) is 54.4 Å². The highest BCUT2D eigenvalue weighted by molar-refractivity contribution is 6.32. The SMILES string of the molecule is CC[C@H](Oc1ccccc1Cl)C(=O)N[C@@H](C)c1cc(C)ccc1C. The average Bonchev–Trinajstić information content (AvgIpc) is 2.56. The summed E-state index contributed by atoms with van der Waals surface area (Å²) in [5.41, 5.74) is 3.46. The van der Waals surface area contributed by atoms with E-state index in [2.05, 4.69) is 30.4 Å². The molecule has 2 aromatic rings. The van der Waals surface area contributed by atoms with Gasteiger partial charge >= 0.3 is 0 Å². The van der Waals surface area contributed by atoms with Crippen LogP contribution in [0.5, 0.6) is 5.75 Å². The van der Waals surface area contributed by atoms with Crippen LogP contribution in [0.4, 0.5) is 0 Å². The van der Waals surface area contributed by atoms with Gasteiger partial charge in [-0.2, -0.15) is 0 Å². The maximum absolute atomic E-state index is 12.6. The van der Waals surface area contributed by atoms with Crippen molar-refractivity contribution in [2.45, 2.75) is 46.3 Å². The van der Waals surface area contributed by atoms with Crippen molar-refractivity contribution in [1.82, 2.24) is 5.32 Å². The van der Waals surface area contributed by atoms with Crippen LogP contribution in [-0.4, -0.2) is 12.0 Å². The number of benzene rings is 2. The zero-order valence-electron chi connectivity index (χ0n) is 14.6. The van der Waals surface area contributed by atoms with Gasteiger partial charge in [-0.15, -0.1) is 0 Å². The number of hydrogen-bond acceptors (Lipinski definition) is 2. The summed E-state index contributed by atoms with van der Waals surface area (Å²) in [4.78, 5) is 12.6. The normalized spacial score (nSPS) is 13.2. The first-order valence-corrected chi connectivity index (χ1v) is 8.59. The molecular formula is C20H24ClNO2. The zero-order valence-corrected chi connectivity index (χ0v) is 15.4. The van der Waals surface area contributed by atoms with E-state index in [9.17, 15) is 4.79 Å². The smallest absolute Gasteiger partial charge is 0.261 e. The molecule has 2 rings (SSSR count). The van der Waals surface area contributed by atoms with Crippen LogP contribution in [0.2, 0.25) is 5.02 Å². The second-order valence-electron chi connectivity index (χ2n) is 6.04. The monoisotopic (exact) mass is 345 g/mol. The predicted molar refractivity (Wildman–Crippen MR) is 98.6 cm³/mol. The standard InChI is InChI=1S/C20H24ClNO2/c1-5-18(24-19-9-7-6-8-17(19)21)20(23)22-15(4)16-12-13(2)10-11-14(16)3/h6-12,15,18H,5H2,1-4H3,(H,22,23)/t15-,18-/m0/s1. The predicted octanol–water partition coefficient (Wildman–Crippen LogP) is 4.99. The lowest BCUT2D eigenvalue weighted by atomic mass is 10.00. The molecular weight excluding hydrogens is 322 g/mol. The number of halogens is 1. The lowest BCUT2D eigenvalue weighted by Gasteiger charge is -2.22. The van der Waals surface area contributed by atoms with Gasteiger partial charge in [0.2, 0.25) is 0 Å². The van der Waals surface area contributed by atoms with Crippen LogP contribution in [-0.2, 0) is 4.79 Å². The van der Waals surface area contributed by atoms with Gasteiger partial charge in [0.05, 0.1) is 11.1 Å². The molecule has 3 nitrogen and oxygen atoms in total. The molecule has 0 heterocycles. The van der Waals surface area contributed by atoms with Crippen molar-refractivity contribution in [3.63, 3.8) is 0 Å². The Labute approximate surface area is 149 Å². The first kappa shape index (κ1) is 18.3. The second kappa shape index (κ2) is 8.20. The Hall–Kier alpha value is -2.00. The first-order valence-electron chi connectivity index (χ1n) is 8.21. The van der Waals surface area contributed by atoms with Crippen molar-refractivity contribution in [2.24, 2.45) is 0 Å². The quantitative estimate of drug-likeness (QED) is 0.800. The van der Waals surface area contributed by atoms with Gasteiger partial charge in [-0.25, -0.2) is 0 Å². The van der Waals surface area contributed by atoms with Gasteiger partial charge in [0, 0.05) is 0 Å². The van der Waals surface area contributed by atoms with Crippen molar-refractivity contribution in [3.8, 4) is 5.75 Å². The fourth-order valence-corrected chi connectivity index (χ4v) is 2.81. The zero-order chi connectivity index (χ0) is 17.7. The Bertz CT molecular complexity index is 715. The summed E-state index contributed by atoms with van der Waals surface area (Å²) in [6.45, 7) is 8.01. The van der Waals surface area contributed by atoms with Crippen LogP contribution in [0.1, 0.15) is 43.0 Å². The fraction of sp³-hybridized carbons (Fsp3) is 0.350. The molecule has 0 bridgehead atoms. The van der Waals surface area contributed by atoms with Crippen LogP contribution >= 0.6 is 11.6 Å². The molecule has 1 N–H and O–H groups in total. The summed E-state index contributed by atoms with van der Waals surface area (Å²) in [6.07, 6.45) is -0.00574. The number of rotatable bonds is 6. The van der Waals surface area contributed by atoms with Crippen molar-refractivity contribution in [1.29, 1.82) is 0 Å². The van der Waals surface area contributed by atoms with E-state index in [-0.39, 0.29) is 11.9 Å². The molecule has 24 heavy (non-hydrogen) atoms. The summed E-state index contributed by atoms with van der Waals surface area (Å²) in [5, 5.41) is 3.55. The van der Waals surface area contributed by atoms with E-state index < -0.39 is 6.10 Å². The Morgan fingerprint density at radius 1 is 1.21 bits per heavy atom. The number of amides is 1. The molecule has 0 aliphatic heterocycles. The van der Waals surface area contributed by atoms with Gasteiger partial charge in [-0.3, -0.25) is 4.79 Å². The molecule has 4 heteroatoms. The van der Waals surface area contributed by atoms with Crippen LogP contribution in [0.25, 0.3) is 0 Å². The van der Waals surface area contributed by atoms with Gasteiger partial charge < -0.3 is 10.1 Å². The van der Waals surface area contributed by atoms with E-state index in [1.807, 2.05) is 32.9 Å². The highest BCUT2D eigenvalue weighted by Crippen LogP contribution is 2.25. The number of carbonyl (C=O) groups is 1.